The zero-order chi connectivity index (χ0) is 5.70. The topological polar surface area (TPSA) is 9.23 Å². The normalized spacial score (nSPS) is 9.00. The minimum Gasteiger partial charge on any atom is -0.423 e. The second-order valence-corrected chi connectivity index (χ2v) is 4.20. The summed E-state index contributed by atoms with van der Waals surface area (Å²) in [5.74, 6) is 0. The van der Waals surface area contributed by atoms with E-state index in [-0.39, 0.29) is 18.9 Å². The molecule has 0 aromatic heterocycles. The van der Waals surface area contributed by atoms with Crippen LogP contribution in [0, 0.1) is 6.92 Å². The van der Waals surface area contributed by atoms with Gasteiger partial charge in [0.15, 0.2) is 9.04 Å². The van der Waals surface area contributed by atoms with Crippen molar-refractivity contribution < 1.29 is 23.3 Å². The van der Waals surface area contributed by atoms with Crippen LogP contribution in [0.3, 0.4) is 0 Å². The molecule has 1 nitrogen and oxygen atoms in total. The molecule has 0 saturated heterocycles. The van der Waals surface area contributed by atoms with E-state index in [1.165, 1.54) is 0 Å². The zero-order valence-corrected chi connectivity index (χ0v) is 7.26. The molecule has 0 N–H and O–H groups in total. The van der Waals surface area contributed by atoms with Crippen LogP contribution in [0.5, 0.6) is 0 Å². The maximum atomic E-state index is 5.27. The van der Waals surface area contributed by atoms with Crippen LogP contribution in [0.15, 0.2) is 0 Å². The Kier molecular flexibility index (Phi) is 11.2. The monoisotopic (exact) mass is 124 g/mol. The van der Waals surface area contributed by atoms with Gasteiger partial charge in [-0.25, -0.2) is 0 Å². The summed E-state index contributed by atoms with van der Waals surface area (Å²) in [5.41, 5.74) is 0. The van der Waals surface area contributed by atoms with Crippen molar-refractivity contribution in [2.75, 3.05) is 6.61 Å². The molecule has 0 aromatic carbocycles. The van der Waals surface area contributed by atoms with Crippen molar-refractivity contribution in [3.05, 3.63) is 6.92 Å². The molecule has 0 amide bonds. The first-order valence-corrected chi connectivity index (χ1v) is 5.46. The molecular formula is C5H13LiOSi. The van der Waals surface area contributed by atoms with Crippen molar-refractivity contribution in [1.82, 2.24) is 0 Å². The second kappa shape index (κ2) is 7.77. The first-order chi connectivity index (χ1) is 3.27. The summed E-state index contributed by atoms with van der Waals surface area (Å²) in [4.78, 5) is 0. The smallest absolute Gasteiger partial charge is 0.423 e. The maximum absolute atomic E-state index is 5.27. The summed E-state index contributed by atoms with van der Waals surface area (Å²) in [6.45, 7) is 8.83. The molecule has 3 heteroatoms. The van der Waals surface area contributed by atoms with E-state index < -0.39 is 9.04 Å². The Morgan fingerprint density at radius 3 is 2.12 bits per heavy atom. The van der Waals surface area contributed by atoms with Gasteiger partial charge in [0.1, 0.15) is 0 Å². The van der Waals surface area contributed by atoms with E-state index in [2.05, 4.69) is 20.0 Å². The van der Waals surface area contributed by atoms with Crippen LogP contribution in [-0.2, 0) is 4.43 Å². The molecule has 0 atom stereocenters. The molecule has 0 radical (unpaired) electrons. The van der Waals surface area contributed by atoms with Gasteiger partial charge >= 0.3 is 18.9 Å². The summed E-state index contributed by atoms with van der Waals surface area (Å²) in [6, 6.07) is 0. The quantitative estimate of drug-likeness (QED) is 0.319. The van der Waals surface area contributed by atoms with Crippen LogP contribution < -0.4 is 18.9 Å². The second-order valence-electron chi connectivity index (χ2n) is 1.77. The minimum absolute atomic E-state index is 0. The zero-order valence-electron chi connectivity index (χ0n) is 6.11. The molecule has 44 valence electrons. The maximum Gasteiger partial charge on any atom is 1.00 e. The van der Waals surface area contributed by atoms with Crippen LogP contribution in [0.2, 0.25) is 13.1 Å². The third-order valence-corrected chi connectivity index (χ3v) is 1.50. The third kappa shape index (κ3) is 9.91. The molecule has 0 fully saturated rings. The average molecular weight is 124 g/mol. The van der Waals surface area contributed by atoms with Gasteiger partial charge in [-0.3, -0.25) is 0 Å². The van der Waals surface area contributed by atoms with Gasteiger partial charge in [0.2, 0.25) is 0 Å². The Morgan fingerprint density at radius 2 is 2.00 bits per heavy atom. The van der Waals surface area contributed by atoms with Crippen LogP contribution in [0.4, 0.5) is 0 Å². The molecule has 0 unspecified atom stereocenters. The van der Waals surface area contributed by atoms with E-state index in [4.69, 9.17) is 4.43 Å². The SMILES string of the molecule is [CH2-]CCO[SiH](C)C.[Li+]. The molecule has 0 spiro atoms. The van der Waals surface area contributed by atoms with Crippen molar-refractivity contribution in [2.24, 2.45) is 0 Å². The molecule has 0 rings (SSSR count). The van der Waals surface area contributed by atoms with Crippen LogP contribution in [0.25, 0.3) is 0 Å². The summed E-state index contributed by atoms with van der Waals surface area (Å²) in [6.07, 6.45) is 0.908. The Labute approximate surface area is 65.7 Å². The molecule has 0 aliphatic carbocycles. The number of rotatable bonds is 3. The Morgan fingerprint density at radius 1 is 1.50 bits per heavy atom. The molecular weight excluding hydrogens is 111 g/mol. The third-order valence-electron chi connectivity index (χ3n) is 0.596. The van der Waals surface area contributed by atoms with Gasteiger partial charge in [0, 0.05) is 6.61 Å². The van der Waals surface area contributed by atoms with E-state index in [1.807, 2.05) is 0 Å². The first-order valence-electron chi connectivity index (χ1n) is 2.68. The summed E-state index contributed by atoms with van der Waals surface area (Å²) in [7, 11) is -0.728. The van der Waals surface area contributed by atoms with E-state index in [1.54, 1.807) is 0 Å². The van der Waals surface area contributed by atoms with Gasteiger partial charge in [0.25, 0.3) is 0 Å². The minimum atomic E-state index is -0.728. The van der Waals surface area contributed by atoms with Gasteiger partial charge in [-0.05, 0) is 13.1 Å². The van der Waals surface area contributed by atoms with Crippen molar-refractivity contribution >= 4 is 9.04 Å². The number of hydrogen-bond acceptors (Lipinski definition) is 1. The van der Waals surface area contributed by atoms with Gasteiger partial charge in [-0.15, -0.1) is 0 Å². The largest absolute Gasteiger partial charge is 1.00 e. The Hall–Kier alpha value is 0.774. The van der Waals surface area contributed by atoms with E-state index in [0.717, 1.165) is 13.0 Å². The summed E-state index contributed by atoms with van der Waals surface area (Å²) < 4.78 is 5.27. The molecule has 0 heterocycles. The molecule has 0 aromatic rings. The first kappa shape index (κ1) is 11.6. The van der Waals surface area contributed by atoms with E-state index >= 15 is 0 Å². The van der Waals surface area contributed by atoms with Crippen molar-refractivity contribution in [2.45, 2.75) is 19.5 Å². The van der Waals surface area contributed by atoms with Crippen LogP contribution in [-0.4, -0.2) is 15.6 Å². The predicted octanol–water partition coefficient (Wildman–Crippen LogP) is -1.79. The fourth-order valence-electron chi connectivity index (χ4n) is 0.319. The van der Waals surface area contributed by atoms with Crippen LogP contribution >= 0.6 is 0 Å². The molecule has 8 heavy (non-hydrogen) atoms. The average Bonchev–Trinajstić information content (AvgIpc) is 1.61. The van der Waals surface area contributed by atoms with Gasteiger partial charge in [-0.2, -0.15) is 6.42 Å². The fraction of sp³-hybridized carbons (Fsp3) is 0.800. The molecule has 0 bridgehead atoms. The molecule has 0 aliphatic heterocycles. The van der Waals surface area contributed by atoms with E-state index in [9.17, 15) is 0 Å². The van der Waals surface area contributed by atoms with E-state index in [0.29, 0.717) is 0 Å². The van der Waals surface area contributed by atoms with Crippen molar-refractivity contribution in [3.8, 4) is 0 Å². The molecule has 0 saturated carbocycles. The fourth-order valence-corrected chi connectivity index (χ4v) is 0.957. The standard InChI is InChI=1S/C5H13OSi.Li/c1-4-5-6-7(2)3;/h7H,1,4-5H2,2-3H3;/q-1;+1. The predicted molar refractivity (Wildman–Crippen MR) is 34.8 cm³/mol. The Bertz CT molecular complexity index is 41.4. The number of hydrogen-bond donors (Lipinski definition) is 0. The summed E-state index contributed by atoms with van der Waals surface area (Å²) in [5, 5.41) is 0. The summed E-state index contributed by atoms with van der Waals surface area (Å²) >= 11 is 0. The van der Waals surface area contributed by atoms with Gasteiger partial charge < -0.3 is 11.3 Å². The van der Waals surface area contributed by atoms with Crippen molar-refractivity contribution in [3.63, 3.8) is 0 Å². The van der Waals surface area contributed by atoms with Crippen LogP contribution in [0.1, 0.15) is 6.42 Å². The van der Waals surface area contributed by atoms with Gasteiger partial charge in [-0.1, -0.05) is 0 Å². The molecule has 0 aliphatic rings. The Balaban J connectivity index is 0. The van der Waals surface area contributed by atoms with Crippen molar-refractivity contribution in [1.29, 1.82) is 0 Å². The van der Waals surface area contributed by atoms with Gasteiger partial charge in [0.05, 0.1) is 0 Å².